The molecule has 0 fully saturated rings. The second kappa shape index (κ2) is 13.7. The number of rotatable bonds is 9. The number of alkyl halides is 3. The molecule has 4 aromatic rings. The Hall–Kier alpha value is -4.22. The molecule has 0 amide bonds. The Kier molecular flexibility index (Phi) is 10.4. The van der Waals surface area contributed by atoms with Crippen molar-refractivity contribution in [2.75, 3.05) is 18.0 Å². The van der Waals surface area contributed by atoms with Gasteiger partial charge in [-0.05, 0) is 74.4 Å². The summed E-state index contributed by atoms with van der Waals surface area (Å²) in [4.78, 5) is 25.1. The van der Waals surface area contributed by atoms with Crippen LogP contribution in [0, 0.1) is 11.6 Å². The number of aromatic nitrogens is 5. The van der Waals surface area contributed by atoms with Gasteiger partial charge in [-0.15, -0.1) is 5.10 Å². The Morgan fingerprint density at radius 2 is 1.40 bits per heavy atom. The molecule has 0 spiro atoms. The highest BCUT2D eigenvalue weighted by atomic mass is 19.4. The highest BCUT2D eigenvalue weighted by molar-refractivity contribution is 5.76. The zero-order valence-electron chi connectivity index (χ0n) is 22.3. The molecule has 0 aliphatic rings. The lowest BCUT2D eigenvalue weighted by atomic mass is 10.2. The fourth-order valence-electron chi connectivity index (χ4n) is 3.71. The van der Waals surface area contributed by atoms with E-state index in [-0.39, 0.29) is 29.9 Å². The highest BCUT2D eigenvalue weighted by Gasteiger charge is 2.33. The molecular formula is C28H29F5N6O. The fraction of sp³-hybridized carbons (Fsp3) is 0.321. The lowest BCUT2D eigenvalue weighted by Gasteiger charge is -2.21. The van der Waals surface area contributed by atoms with Crippen molar-refractivity contribution in [1.82, 2.24) is 24.7 Å². The first-order chi connectivity index (χ1) is 19.0. The van der Waals surface area contributed by atoms with Gasteiger partial charge in [0.2, 0.25) is 5.95 Å². The molecule has 0 saturated heterocycles. The largest absolute Gasteiger partial charge is 0.433 e. The molecule has 7 nitrogen and oxygen atoms in total. The molecule has 0 N–H and O–H groups in total. The number of anilines is 1. The molecule has 0 atom stereocenters. The molecule has 12 heteroatoms. The van der Waals surface area contributed by atoms with E-state index < -0.39 is 11.9 Å². The molecule has 0 radical (unpaired) electrons. The summed E-state index contributed by atoms with van der Waals surface area (Å²) in [6.45, 7) is 6.77. The van der Waals surface area contributed by atoms with Crippen LogP contribution in [-0.2, 0) is 17.5 Å². The molecular weight excluding hydrogens is 531 g/mol. The van der Waals surface area contributed by atoms with Crippen LogP contribution in [0.15, 0.2) is 60.8 Å². The monoisotopic (exact) mass is 560 g/mol. The van der Waals surface area contributed by atoms with Crippen molar-refractivity contribution in [3.8, 4) is 22.8 Å². The minimum absolute atomic E-state index is 0.0565. The quantitative estimate of drug-likeness (QED) is 0.215. The number of ketones is 1. The van der Waals surface area contributed by atoms with E-state index in [1.165, 1.54) is 35.9 Å². The van der Waals surface area contributed by atoms with Crippen LogP contribution in [0.1, 0.15) is 39.3 Å². The predicted octanol–water partition coefficient (Wildman–Crippen LogP) is 6.60. The maximum Gasteiger partial charge on any atom is 0.433 e. The summed E-state index contributed by atoms with van der Waals surface area (Å²) in [7, 11) is 0. The molecule has 212 valence electrons. The Bertz CT molecular complexity index is 1380. The first kappa shape index (κ1) is 30.3. The Labute approximate surface area is 228 Å². The molecule has 2 aromatic carbocycles. The molecule has 2 aromatic heterocycles. The Balaban J connectivity index is 0.000000232. The van der Waals surface area contributed by atoms with Crippen molar-refractivity contribution in [2.24, 2.45) is 0 Å². The van der Waals surface area contributed by atoms with Crippen LogP contribution in [0.4, 0.5) is 27.9 Å². The molecule has 2 heterocycles. The smallest absolute Gasteiger partial charge is 0.341 e. The van der Waals surface area contributed by atoms with Gasteiger partial charge in [0.15, 0.2) is 17.4 Å². The number of hydrogen-bond donors (Lipinski definition) is 0. The van der Waals surface area contributed by atoms with E-state index in [9.17, 15) is 26.7 Å². The van der Waals surface area contributed by atoms with Crippen molar-refractivity contribution < 1.29 is 26.7 Å². The van der Waals surface area contributed by atoms with Crippen LogP contribution in [0.25, 0.3) is 22.8 Å². The molecule has 0 aliphatic carbocycles. The van der Waals surface area contributed by atoms with E-state index in [2.05, 4.69) is 20.1 Å². The van der Waals surface area contributed by atoms with Gasteiger partial charge in [0.1, 0.15) is 23.9 Å². The third kappa shape index (κ3) is 8.39. The maximum absolute atomic E-state index is 13.1. The van der Waals surface area contributed by atoms with E-state index in [1.54, 1.807) is 29.2 Å². The standard InChI is InChI=1S/C17H13F2N3O.C11H16F3N3/c1-11(23)10-22-17(13-4-8-15(19)9-5-13)20-16(21-22)12-2-6-14(18)7-3-12;1-3-7-17(8-4-2)10-15-6-5-9(16-10)11(12,13)14/h2-9H,10H2,1H3;5-6H,3-4,7-8H2,1-2H3. The number of benzene rings is 2. The van der Waals surface area contributed by atoms with Crippen LogP contribution in [0.5, 0.6) is 0 Å². The second-order valence-electron chi connectivity index (χ2n) is 8.86. The summed E-state index contributed by atoms with van der Waals surface area (Å²) in [5.74, 6) is 0.207. The van der Waals surface area contributed by atoms with E-state index >= 15 is 0 Å². The number of hydrogen-bond acceptors (Lipinski definition) is 6. The third-order valence-corrected chi connectivity index (χ3v) is 5.45. The normalized spacial score (nSPS) is 11.1. The highest BCUT2D eigenvalue weighted by Crippen LogP contribution is 2.28. The average molecular weight is 561 g/mol. The van der Waals surface area contributed by atoms with Crippen LogP contribution in [0.3, 0.4) is 0 Å². The molecule has 40 heavy (non-hydrogen) atoms. The zero-order chi connectivity index (χ0) is 29.3. The predicted molar refractivity (Wildman–Crippen MR) is 141 cm³/mol. The molecule has 4 rings (SSSR count). The van der Waals surface area contributed by atoms with E-state index in [0.717, 1.165) is 25.1 Å². The summed E-state index contributed by atoms with van der Waals surface area (Å²) in [6.07, 6.45) is -1.57. The number of carbonyl (C=O) groups is 1. The van der Waals surface area contributed by atoms with Crippen molar-refractivity contribution in [3.05, 3.63) is 78.1 Å². The maximum atomic E-state index is 13.1. The number of Topliss-reactive ketones (excluding diaryl/α,β-unsaturated/α-hetero) is 1. The first-order valence-electron chi connectivity index (χ1n) is 12.6. The number of halogens is 5. The number of nitrogens with zero attached hydrogens (tertiary/aromatic N) is 6. The minimum atomic E-state index is -4.41. The van der Waals surface area contributed by atoms with E-state index in [0.29, 0.717) is 35.9 Å². The van der Waals surface area contributed by atoms with E-state index in [4.69, 9.17) is 0 Å². The summed E-state index contributed by atoms with van der Waals surface area (Å²) in [5, 5.41) is 4.32. The van der Waals surface area contributed by atoms with E-state index in [1.807, 2.05) is 13.8 Å². The third-order valence-electron chi connectivity index (χ3n) is 5.45. The van der Waals surface area contributed by atoms with Crippen LogP contribution in [-0.4, -0.2) is 43.6 Å². The Morgan fingerprint density at radius 3 is 1.90 bits per heavy atom. The SMILES string of the molecule is CC(=O)Cn1nc(-c2ccc(F)cc2)nc1-c1ccc(F)cc1.CCCN(CCC)c1nccc(C(F)(F)F)n1. The Morgan fingerprint density at radius 1 is 0.850 bits per heavy atom. The average Bonchev–Trinajstić information content (AvgIpc) is 3.32. The van der Waals surface area contributed by atoms with Crippen LogP contribution < -0.4 is 4.90 Å². The van der Waals surface area contributed by atoms with Gasteiger partial charge < -0.3 is 4.90 Å². The fourth-order valence-corrected chi connectivity index (χ4v) is 3.71. The number of carbonyl (C=O) groups excluding carboxylic acids is 1. The van der Waals surface area contributed by atoms with Crippen LogP contribution >= 0.6 is 0 Å². The van der Waals surface area contributed by atoms with Gasteiger partial charge in [0, 0.05) is 30.4 Å². The van der Waals surface area contributed by atoms with Crippen LogP contribution in [0.2, 0.25) is 0 Å². The summed E-state index contributed by atoms with van der Waals surface area (Å²) in [6, 6.07) is 12.4. The lowest BCUT2D eigenvalue weighted by Crippen LogP contribution is -2.27. The summed E-state index contributed by atoms with van der Waals surface area (Å²) in [5.41, 5.74) is 0.394. The second-order valence-corrected chi connectivity index (χ2v) is 8.86. The molecule has 0 saturated carbocycles. The summed E-state index contributed by atoms with van der Waals surface area (Å²) >= 11 is 0. The van der Waals surface area contributed by atoms with Gasteiger partial charge in [-0.3, -0.25) is 4.79 Å². The molecule has 0 bridgehead atoms. The van der Waals surface area contributed by atoms with Crippen molar-refractivity contribution in [1.29, 1.82) is 0 Å². The zero-order valence-corrected chi connectivity index (χ0v) is 22.3. The van der Waals surface area contributed by atoms with Gasteiger partial charge >= 0.3 is 6.18 Å². The van der Waals surface area contributed by atoms with Crippen molar-refractivity contribution in [3.63, 3.8) is 0 Å². The van der Waals surface area contributed by atoms with Crippen molar-refractivity contribution >= 4 is 11.7 Å². The van der Waals surface area contributed by atoms with Gasteiger partial charge in [-0.2, -0.15) is 13.2 Å². The first-order valence-corrected chi connectivity index (χ1v) is 12.6. The van der Waals surface area contributed by atoms with Gasteiger partial charge in [0.05, 0.1) is 0 Å². The topological polar surface area (TPSA) is 76.8 Å². The summed E-state index contributed by atoms with van der Waals surface area (Å²) < 4.78 is 65.1. The van der Waals surface area contributed by atoms with Gasteiger partial charge in [-0.25, -0.2) is 28.4 Å². The minimum Gasteiger partial charge on any atom is -0.341 e. The van der Waals surface area contributed by atoms with Crippen molar-refractivity contribution in [2.45, 2.75) is 46.3 Å². The molecule has 0 aliphatic heterocycles. The lowest BCUT2D eigenvalue weighted by molar-refractivity contribution is -0.141. The molecule has 0 unspecified atom stereocenters. The van der Waals surface area contributed by atoms with Gasteiger partial charge in [-0.1, -0.05) is 13.8 Å². The van der Waals surface area contributed by atoms with Gasteiger partial charge in [0.25, 0.3) is 0 Å².